The van der Waals surface area contributed by atoms with Crippen LogP contribution in [0.25, 0.3) is 10.9 Å². The average Bonchev–Trinajstić information content (AvgIpc) is 3.01. The van der Waals surface area contributed by atoms with E-state index in [4.69, 9.17) is 21.4 Å². The summed E-state index contributed by atoms with van der Waals surface area (Å²) in [5.41, 5.74) is 1.10. The van der Waals surface area contributed by atoms with Crippen molar-refractivity contribution in [2.45, 2.75) is 25.0 Å². The van der Waals surface area contributed by atoms with Crippen LogP contribution in [0.5, 0.6) is 0 Å². The van der Waals surface area contributed by atoms with Crippen LogP contribution in [0.2, 0.25) is 5.02 Å². The van der Waals surface area contributed by atoms with Gasteiger partial charge in [0.2, 0.25) is 0 Å². The van der Waals surface area contributed by atoms with E-state index in [1.807, 2.05) is 6.07 Å². The Labute approximate surface area is 131 Å². The number of ether oxygens (including phenoxy) is 1. The molecule has 3 rings (SSSR count). The number of carboxylic acid groups (broad SMARTS) is 1. The molecule has 2 aromatic rings. The highest BCUT2D eigenvalue weighted by atomic mass is 35.5. The number of hydrogen-bond acceptors (Lipinski definition) is 4. The third kappa shape index (κ3) is 2.75. The average molecular weight is 321 g/mol. The zero-order valence-corrected chi connectivity index (χ0v) is 12.2. The topological polar surface area (TPSA) is 88.5 Å². The molecule has 1 aliphatic rings. The summed E-state index contributed by atoms with van der Waals surface area (Å²) < 4.78 is 5.23. The number of carbonyl (C=O) groups excluding carboxylic acids is 1. The lowest BCUT2D eigenvalue weighted by Crippen LogP contribution is -2.30. The number of fused-ring (bicyclic) bond motifs is 1. The van der Waals surface area contributed by atoms with E-state index in [0.717, 1.165) is 5.39 Å². The van der Waals surface area contributed by atoms with Gasteiger partial charge >= 0.3 is 5.97 Å². The van der Waals surface area contributed by atoms with Gasteiger partial charge in [-0.1, -0.05) is 11.6 Å². The van der Waals surface area contributed by atoms with E-state index >= 15 is 0 Å². The normalized spacial score (nSPS) is 21.0. The van der Waals surface area contributed by atoms with E-state index in [1.165, 1.54) is 0 Å². The number of rotatable bonds is 3. The molecule has 0 unspecified atom stereocenters. The summed E-state index contributed by atoms with van der Waals surface area (Å²) in [5.74, 6) is -1.42. The van der Waals surface area contributed by atoms with E-state index in [1.54, 1.807) is 24.4 Å². The number of nitrogens with zero attached hydrogens (tertiary/aromatic N) is 1. The quantitative estimate of drug-likeness (QED) is 0.907. The van der Waals surface area contributed by atoms with Gasteiger partial charge in [0.25, 0.3) is 5.91 Å². The summed E-state index contributed by atoms with van der Waals surface area (Å²) in [6, 6.07) is 6.92. The largest absolute Gasteiger partial charge is 0.479 e. The number of nitrogens with one attached hydrogen (secondary N) is 1. The number of amides is 1. The van der Waals surface area contributed by atoms with Crippen LogP contribution in [0, 0.1) is 0 Å². The predicted molar refractivity (Wildman–Crippen MR) is 80.9 cm³/mol. The molecule has 1 amide bonds. The van der Waals surface area contributed by atoms with Crippen molar-refractivity contribution in [3.8, 4) is 0 Å². The summed E-state index contributed by atoms with van der Waals surface area (Å²) in [5, 5.41) is 12.9. The number of halogens is 1. The van der Waals surface area contributed by atoms with Crippen molar-refractivity contribution in [3.05, 3.63) is 35.5 Å². The molecule has 1 fully saturated rings. The summed E-state index contributed by atoms with van der Waals surface area (Å²) in [7, 11) is 0. The number of carbonyl (C=O) groups is 2. The first-order valence-corrected chi connectivity index (χ1v) is 7.16. The molecular formula is C15H13ClN2O4. The standard InChI is InChI=1S/C15H13ClN2O4/c16-9-3-4-10(13-8(9)2-1-7-17-13)18-14(19)11-5-6-12(22-11)15(20)21/h1-4,7,11-12H,5-6H2,(H,18,19)(H,20,21)/t11-,12+/m1/s1. The lowest BCUT2D eigenvalue weighted by molar-refractivity contribution is -0.150. The van der Waals surface area contributed by atoms with Gasteiger partial charge < -0.3 is 15.2 Å². The van der Waals surface area contributed by atoms with Gasteiger partial charge in [-0.15, -0.1) is 0 Å². The summed E-state index contributed by atoms with van der Waals surface area (Å²) in [6.07, 6.45) is 0.627. The van der Waals surface area contributed by atoms with Crippen molar-refractivity contribution < 1.29 is 19.4 Å². The SMILES string of the molecule is O=C(O)[C@@H]1CC[C@H](C(=O)Nc2ccc(Cl)c3cccnc23)O1. The monoisotopic (exact) mass is 320 g/mol. The maximum atomic E-state index is 12.2. The second-order valence-electron chi connectivity index (χ2n) is 5.01. The maximum absolute atomic E-state index is 12.2. The van der Waals surface area contributed by atoms with Crippen LogP contribution < -0.4 is 5.32 Å². The maximum Gasteiger partial charge on any atom is 0.332 e. The molecule has 1 aromatic carbocycles. The third-order valence-corrected chi connectivity index (χ3v) is 3.89. The van der Waals surface area contributed by atoms with E-state index in [2.05, 4.69) is 10.3 Å². The molecule has 6 nitrogen and oxygen atoms in total. The number of aromatic nitrogens is 1. The zero-order chi connectivity index (χ0) is 15.7. The highest BCUT2D eigenvalue weighted by molar-refractivity contribution is 6.35. The predicted octanol–water partition coefficient (Wildman–Crippen LogP) is 2.46. The molecule has 22 heavy (non-hydrogen) atoms. The Morgan fingerprint density at radius 2 is 2.05 bits per heavy atom. The lowest BCUT2D eigenvalue weighted by atomic mass is 10.1. The van der Waals surface area contributed by atoms with Gasteiger partial charge in [-0.2, -0.15) is 0 Å². The molecule has 2 N–H and O–H groups in total. The van der Waals surface area contributed by atoms with E-state index in [9.17, 15) is 9.59 Å². The molecule has 1 aromatic heterocycles. The van der Waals surface area contributed by atoms with Crippen molar-refractivity contribution >= 4 is 40.1 Å². The van der Waals surface area contributed by atoms with E-state index < -0.39 is 18.2 Å². The number of hydrogen-bond donors (Lipinski definition) is 2. The fraction of sp³-hybridized carbons (Fsp3) is 0.267. The molecular weight excluding hydrogens is 308 g/mol. The molecule has 0 bridgehead atoms. The van der Waals surface area contributed by atoms with Gasteiger partial charge in [0, 0.05) is 11.6 Å². The second kappa shape index (κ2) is 5.90. The molecule has 2 atom stereocenters. The fourth-order valence-corrected chi connectivity index (χ4v) is 2.68. The number of pyridine rings is 1. The van der Waals surface area contributed by atoms with Gasteiger partial charge in [-0.05, 0) is 37.1 Å². The first kappa shape index (κ1) is 14.7. The van der Waals surface area contributed by atoms with Gasteiger partial charge in [-0.3, -0.25) is 9.78 Å². The highest BCUT2D eigenvalue weighted by Crippen LogP contribution is 2.29. The lowest BCUT2D eigenvalue weighted by Gasteiger charge is -2.13. The van der Waals surface area contributed by atoms with Crippen LogP contribution in [-0.4, -0.2) is 34.2 Å². The van der Waals surface area contributed by atoms with Crippen molar-refractivity contribution in [3.63, 3.8) is 0 Å². The van der Waals surface area contributed by atoms with Crippen molar-refractivity contribution in [1.29, 1.82) is 0 Å². The molecule has 0 radical (unpaired) electrons. The minimum absolute atomic E-state index is 0.326. The summed E-state index contributed by atoms with van der Waals surface area (Å²) in [4.78, 5) is 27.3. The Balaban J connectivity index is 1.81. The Morgan fingerprint density at radius 1 is 1.27 bits per heavy atom. The Morgan fingerprint density at radius 3 is 2.77 bits per heavy atom. The van der Waals surface area contributed by atoms with E-state index in [-0.39, 0.29) is 5.91 Å². The van der Waals surface area contributed by atoms with Gasteiger partial charge in [0.15, 0.2) is 6.10 Å². The van der Waals surface area contributed by atoms with Crippen molar-refractivity contribution in [2.75, 3.05) is 5.32 Å². The number of anilines is 1. The van der Waals surface area contributed by atoms with E-state index in [0.29, 0.717) is 29.1 Å². The molecule has 2 heterocycles. The van der Waals surface area contributed by atoms with Gasteiger partial charge in [-0.25, -0.2) is 4.79 Å². The van der Waals surface area contributed by atoms with Crippen LogP contribution in [0.3, 0.4) is 0 Å². The van der Waals surface area contributed by atoms with Crippen LogP contribution >= 0.6 is 11.6 Å². The van der Waals surface area contributed by atoms with Crippen LogP contribution in [0.15, 0.2) is 30.5 Å². The Kier molecular flexibility index (Phi) is 3.96. The first-order chi connectivity index (χ1) is 10.6. The summed E-state index contributed by atoms with van der Waals surface area (Å²) >= 11 is 6.10. The fourth-order valence-electron chi connectivity index (χ4n) is 2.46. The van der Waals surface area contributed by atoms with Gasteiger partial charge in [0.05, 0.1) is 16.2 Å². The molecule has 1 aliphatic heterocycles. The third-order valence-electron chi connectivity index (χ3n) is 3.56. The summed E-state index contributed by atoms with van der Waals surface area (Å²) in [6.45, 7) is 0. The second-order valence-corrected chi connectivity index (χ2v) is 5.42. The molecule has 0 saturated carbocycles. The van der Waals surface area contributed by atoms with Crippen LogP contribution in [0.4, 0.5) is 5.69 Å². The van der Waals surface area contributed by atoms with Gasteiger partial charge in [0.1, 0.15) is 6.10 Å². The smallest absolute Gasteiger partial charge is 0.332 e. The molecule has 0 aliphatic carbocycles. The zero-order valence-electron chi connectivity index (χ0n) is 11.5. The molecule has 0 spiro atoms. The Hall–Kier alpha value is -2.18. The molecule has 114 valence electrons. The number of aliphatic carboxylic acids is 1. The van der Waals surface area contributed by atoms with Crippen molar-refractivity contribution in [1.82, 2.24) is 4.98 Å². The minimum Gasteiger partial charge on any atom is -0.479 e. The molecule has 1 saturated heterocycles. The molecule has 7 heteroatoms. The highest BCUT2D eigenvalue weighted by Gasteiger charge is 2.34. The number of benzene rings is 1. The number of carboxylic acids is 1. The minimum atomic E-state index is -1.05. The van der Waals surface area contributed by atoms with Crippen LogP contribution in [0.1, 0.15) is 12.8 Å². The first-order valence-electron chi connectivity index (χ1n) is 6.78. The van der Waals surface area contributed by atoms with Crippen LogP contribution in [-0.2, 0) is 14.3 Å². The Bertz CT molecular complexity index is 749. The van der Waals surface area contributed by atoms with Crippen molar-refractivity contribution in [2.24, 2.45) is 0 Å².